The molecule has 0 bridgehead atoms. The molecule has 2 aromatic rings. The SMILES string of the molecule is CCc1nc(COc2ccc(CNC)cc2F)no1. The molecule has 19 heavy (non-hydrogen) atoms. The number of nitrogens with zero attached hydrogens (tertiary/aromatic N) is 2. The van der Waals surface area contributed by atoms with Gasteiger partial charge in [0.1, 0.15) is 0 Å². The van der Waals surface area contributed by atoms with Crippen LogP contribution in [0.2, 0.25) is 0 Å². The number of hydrogen-bond acceptors (Lipinski definition) is 5. The summed E-state index contributed by atoms with van der Waals surface area (Å²) in [5.74, 6) is 0.744. The fourth-order valence-electron chi connectivity index (χ4n) is 1.61. The van der Waals surface area contributed by atoms with Crippen LogP contribution in [0.1, 0.15) is 24.2 Å². The van der Waals surface area contributed by atoms with Crippen molar-refractivity contribution in [3.63, 3.8) is 0 Å². The molecule has 2 rings (SSSR count). The van der Waals surface area contributed by atoms with Crippen molar-refractivity contribution < 1.29 is 13.7 Å². The molecule has 0 saturated carbocycles. The summed E-state index contributed by atoms with van der Waals surface area (Å²) in [6, 6.07) is 4.85. The first kappa shape index (κ1) is 13.5. The van der Waals surface area contributed by atoms with Gasteiger partial charge < -0.3 is 14.6 Å². The Bertz CT molecular complexity index is 542. The molecule has 0 atom stereocenters. The molecular formula is C13H16FN3O2. The van der Waals surface area contributed by atoms with Crippen molar-refractivity contribution in [1.82, 2.24) is 15.5 Å². The zero-order valence-corrected chi connectivity index (χ0v) is 10.9. The third-order valence-electron chi connectivity index (χ3n) is 2.55. The molecule has 0 aliphatic rings. The lowest BCUT2D eigenvalue weighted by molar-refractivity contribution is 0.272. The van der Waals surface area contributed by atoms with Gasteiger partial charge >= 0.3 is 0 Å². The number of nitrogens with one attached hydrogen (secondary N) is 1. The van der Waals surface area contributed by atoms with Crippen molar-refractivity contribution in [3.8, 4) is 5.75 Å². The molecule has 0 radical (unpaired) electrons. The maximum absolute atomic E-state index is 13.7. The number of halogens is 1. The number of aromatic nitrogens is 2. The minimum absolute atomic E-state index is 0.0891. The van der Waals surface area contributed by atoms with Crippen LogP contribution in [0.25, 0.3) is 0 Å². The van der Waals surface area contributed by atoms with E-state index in [9.17, 15) is 4.39 Å². The van der Waals surface area contributed by atoms with Crippen LogP contribution in [-0.2, 0) is 19.6 Å². The molecular weight excluding hydrogens is 249 g/mol. The van der Waals surface area contributed by atoms with Gasteiger partial charge in [0.15, 0.2) is 18.2 Å². The van der Waals surface area contributed by atoms with Crippen molar-refractivity contribution >= 4 is 0 Å². The predicted molar refractivity (Wildman–Crippen MR) is 67.2 cm³/mol. The van der Waals surface area contributed by atoms with Crippen LogP contribution in [0.3, 0.4) is 0 Å². The van der Waals surface area contributed by atoms with Crippen molar-refractivity contribution in [1.29, 1.82) is 0 Å². The Morgan fingerprint density at radius 2 is 2.26 bits per heavy atom. The molecule has 5 nitrogen and oxygen atoms in total. The molecule has 0 aliphatic carbocycles. The van der Waals surface area contributed by atoms with Gasteiger partial charge in [-0.3, -0.25) is 0 Å². The normalized spacial score (nSPS) is 10.7. The Balaban J connectivity index is 1.99. The summed E-state index contributed by atoms with van der Waals surface area (Å²) in [6.07, 6.45) is 0.667. The van der Waals surface area contributed by atoms with E-state index in [0.717, 1.165) is 5.56 Å². The van der Waals surface area contributed by atoms with Crippen LogP contribution >= 0.6 is 0 Å². The number of ether oxygens (including phenoxy) is 1. The molecule has 6 heteroatoms. The van der Waals surface area contributed by atoms with Crippen molar-refractivity contribution in [3.05, 3.63) is 41.3 Å². The highest BCUT2D eigenvalue weighted by Gasteiger charge is 2.08. The molecule has 0 unspecified atom stereocenters. The lowest BCUT2D eigenvalue weighted by Gasteiger charge is -2.06. The fourth-order valence-corrected chi connectivity index (χ4v) is 1.61. The van der Waals surface area contributed by atoms with Crippen molar-refractivity contribution in [2.75, 3.05) is 7.05 Å². The van der Waals surface area contributed by atoms with E-state index in [1.807, 2.05) is 20.0 Å². The van der Waals surface area contributed by atoms with E-state index >= 15 is 0 Å². The second-order valence-corrected chi connectivity index (χ2v) is 4.04. The minimum atomic E-state index is -0.396. The monoisotopic (exact) mass is 265 g/mol. The van der Waals surface area contributed by atoms with Crippen LogP contribution < -0.4 is 10.1 Å². The van der Waals surface area contributed by atoms with E-state index in [0.29, 0.717) is 24.7 Å². The first-order valence-electron chi connectivity index (χ1n) is 6.10. The van der Waals surface area contributed by atoms with Crippen LogP contribution in [-0.4, -0.2) is 17.2 Å². The van der Waals surface area contributed by atoms with Crippen LogP contribution in [0.5, 0.6) is 5.75 Å². The number of aryl methyl sites for hydroxylation is 1. The van der Waals surface area contributed by atoms with E-state index in [1.165, 1.54) is 6.07 Å². The number of hydrogen-bond donors (Lipinski definition) is 1. The smallest absolute Gasteiger partial charge is 0.226 e. The molecule has 1 N–H and O–H groups in total. The average molecular weight is 265 g/mol. The minimum Gasteiger partial charge on any atom is -0.482 e. The summed E-state index contributed by atoms with van der Waals surface area (Å²) in [5.41, 5.74) is 0.861. The third-order valence-corrected chi connectivity index (χ3v) is 2.55. The van der Waals surface area contributed by atoms with Crippen LogP contribution in [0.15, 0.2) is 22.7 Å². The van der Waals surface area contributed by atoms with E-state index < -0.39 is 5.82 Å². The third kappa shape index (κ3) is 3.51. The van der Waals surface area contributed by atoms with Crippen molar-refractivity contribution in [2.24, 2.45) is 0 Å². The van der Waals surface area contributed by atoms with Crippen LogP contribution in [0.4, 0.5) is 4.39 Å². The maximum atomic E-state index is 13.7. The van der Waals surface area contributed by atoms with Crippen molar-refractivity contribution in [2.45, 2.75) is 26.5 Å². The zero-order valence-electron chi connectivity index (χ0n) is 10.9. The predicted octanol–water partition coefficient (Wildman–Crippen LogP) is 2.07. The van der Waals surface area contributed by atoms with Gasteiger partial charge in [0, 0.05) is 13.0 Å². The first-order valence-corrected chi connectivity index (χ1v) is 6.10. The highest BCUT2D eigenvalue weighted by atomic mass is 19.1. The largest absolute Gasteiger partial charge is 0.482 e. The second kappa shape index (κ2) is 6.29. The van der Waals surface area contributed by atoms with Gasteiger partial charge in [0.05, 0.1) is 0 Å². The average Bonchev–Trinajstić information content (AvgIpc) is 2.86. The van der Waals surface area contributed by atoms with Gasteiger partial charge in [-0.15, -0.1) is 0 Å². The molecule has 0 fully saturated rings. The topological polar surface area (TPSA) is 60.2 Å². The lowest BCUT2D eigenvalue weighted by atomic mass is 10.2. The standard InChI is InChI=1S/C13H16FN3O2/c1-3-13-16-12(17-19-13)8-18-11-5-4-9(7-15-2)6-10(11)14/h4-6,15H,3,7-8H2,1-2H3. The van der Waals surface area contributed by atoms with Gasteiger partial charge in [0.25, 0.3) is 0 Å². The molecule has 0 saturated heterocycles. The Hall–Kier alpha value is -1.95. The van der Waals surface area contributed by atoms with E-state index in [2.05, 4.69) is 15.5 Å². The van der Waals surface area contributed by atoms with Gasteiger partial charge in [0.2, 0.25) is 11.7 Å². The molecule has 0 amide bonds. The zero-order chi connectivity index (χ0) is 13.7. The molecule has 1 aromatic carbocycles. The Morgan fingerprint density at radius 1 is 1.42 bits per heavy atom. The lowest BCUT2D eigenvalue weighted by Crippen LogP contribution is -2.06. The van der Waals surface area contributed by atoms with Crippen LogP contribution in [0, 0.1) is 5.82 Å². The number of rotatable bonds is 6. The summed E-state index contributed by atoms with van der Waals surface area (Å²) in [4.78, 5) is 4.09. The van der Waals surface area contributed by atoms with Gasteiger partial charge in [-0.25, -0.2) is 4.39 Å². The van der Waals surface area contributed by atoms with E-state index in [1.54, 1.807) is 6.07 Å². The Labute approximate surface area is 110 Å². The van der Waals surface area contributed by atoms with E-state index in [4.69, 9.17) is 9.26 Å². The maximum Gasteiger partial charge on any atom is 0.226 e. The molecule has 102 valence electrons. The van der Waals surface area contributed by atoms with Gasteiger partial charge in [-0.2, -0.15) is 4.98 Å². The summed E-state index contributed by atoms with van der Waals surface area (Å²) >= 11 is 0. The molecule has 1 aromatic heterocycles. The Morgan fingerprint density at radius 3 is 2.89 bits per heavy atom. The quantitative estimate of drug-likeness (QED) is 0.866. The molecule has 1 heterocycles. The van der Waals surface area contributed by atoms with Gasteiger partial charge in [-0.05, 0) is 24.7 Å². The summed E-state index contributed by atoms with van der Waals surface area (Å²) in [5, 5.41) is 6.69. The summed E-state index contributed by atoms with van der Waals surface area (Å²) in [6.45, 7) is 2.62. The highest BCUT2D eigenvalue weighted by Crippen LogP contribution is 2.19. The molecule has 0 spiro atoms. The fraction of sp³-hybridized carbons (Fsp3) is 0.385. The van der Waals surface area contributed by atoms with Gasteiger partial charge in [-0.1, -0.05) is 18.1 Å². The highest BCUT2D eigenvalue weighted by molar-refractivity contribution is 5.29. The second-order valence-electron chi connectivity index (χ2n) is 4.04. The number of benzene rings is 1. The first-order chi connectivity index (χ1) is 9.22. The van der Waals surface area contributed by atoms with E-state index in [-0.39, 0.29) is 12.4 Å². The summed E-state index contributed by atoms with van der Waals surface area (Å²) < 4.78 is 24.0. The molecule has 0 aliphatic heterocycles. The summed E-state index contributed by atoms with van der Waals surface area (Å²) in [7, 11) is 1.81. The Kier molecular flexibility index (Phi) is 4.46.